The quantitative estimate of drug-likeness (QED) is 0.449. The van der Waals surface area contributed by atoms with Gasteiger partial charge in [-0.15, -0.1) is 5.10 Å². The number of benzene rings is 2. The van der Waals surface area contributed by atoms with Crippen LogP contribution in [-0.2, 0) is 12.7 Å². The molecule has 0 aliphatic carbocycles. The molecule has 0 saturated heterocycles. The van der Waals surface area contributed by atoms with Crippen LogP contribution in [0, 0.1) is 13.8 Å². The molecule has 2 heterocycles. The van der Waals surface area contributed by atoms with Gasteiger partial charge in [-0.3, -0.25) is 0 Å². The zero-order valence-corrected chi connectivity index (χ0v) is 16.7. The fourth-order valence-electron chi connectivity index (χ4n) is 3.28. The molecule has 11 heteroatoms. The molecule has 2 aromatic heterocycles. The predicted molar refractivity (Wildman–Crippen MR) is 116 cm³/mol. The molecule has 0 saturated carbocycles. The van der Waals surface area contributed by atoms with Crippen molar-refractivity contribution in [1.29, 1.82) is 0 Å². The summed E-state index contributed by atoms with van der Waals surface area (Å²) in [4.78, 5) is 7.66. The Morgan fingerprint density at radius 3 is 2.25 bits per heavy atom. The van der Waals surface area contributed by atoms with E-state index in [0.717, 1.165) is 22.3 Å². The molecule has 0 atom stereocenters. The molecular formula is C21H19F3N7Na. The topological polar surface area (TPSA) is 92.3 Å². The third-order valence-electron chi connectivity index (χ3n) is 4.78. The number of tetrazole rings is 1. The minimum atomic E-state index is -4.53. The summed E-state index contributed by atoms with van der Waals surface area (Å²) in [5.41, 5.74) is 2.74. The van der Waals surface area contributed by atoms with Gasteiger partial charge in [-0.25, -0.2) is 15.1 Å². The van der Waals surface area contributed by atoms with Crippen molar-refractivity contribution in [3.8, 4) is 22.5 Å². The molecule has 0 amide bonds. The molecule has 4 rings (SSSR count). The van der Waals surface area contributed by atoms with Crippen LogP contribution in [0.25, 0.3) is 22.5 Å². The van der Waals surface area contributed by atoms with Crippen LogP contribution in [-0.4, -0.2) is 60.1 Å². The monoisotopic (exact) mass is 449 g/mol. The normalized spacial score (nSPS) is 11.2. The van der Waals surface area contributed by atoms with E-state index in [-0.39, 0.29) is 46.8 Å². The number of anilines is 1. The molecule has 2 aromatic carbocycles. The van der Waals surface area contributed by atoms with Crippen molar-refractivity contribution in [2.24, 2.45) is 0 Å². The number of aryl methyl sites for hydroxylation is 1. The van der Waals surface area contributed by atoms with E-state index in [2.05, 4.69) is 35.9 Å². The standard InChI is InChI=1S/C21H18F3N7.Na.H/c1-12-18(21(22,23)24)26-13(2)27-19(12)25-11-14-7-9-15(10-8-14)16-5-3-4-6-17(16)20-28-30-31-29-20;;/h3-10H,11H2,1-2H3,(H,25,26,27)(H,28,29,30,31);;. The van der Waals surface area contributed by atoms with E-state index < -0.39 is 11.9 Å². The van der Waals surface area contributed by atoms with Gasteiger partial charge in [0.2, 0.25) is 0 Å². The van der Waals surface area contributed by atoms with Gasteiger partial charge in [-0.2, -0.15) is 13.2 Å². The molecule has 160 valence electrons. The van der Waals surface area contributed by atoms with Crippen LogP contribution >= 0.6 is 0 Å². The first kappa shape index (κ1) is 23.8. The predicted octanol–water partition coefficient (Wildman–Crippen LogP) is 3.92. The molecule has 7 nitrogen and oxygen atoms in total. The Kier molecular flexibility index (Phi) is 7.27. The molecule has 4 aromatic rings. The Balaban J connectivity index is 0.00000289. The SMILES string of the molecule is Cc1nc(NCc2ccc(-c3ccccc3-c3nnn[nH]3)cc2)c(C)c(C(F)(F)F)n1.[NaH]. The van der Waals surface area contributed by atoms with E-state index in [1.807, 2.05) is 48.5 Å². The minimum absolute atomic E-state index is 0. The summed E-state index contributed by atoms with van der Waals surface area (Å²) in [6, 6.07) is 15.4. The zero-order chi connectivity index (χ0) is 22.0. The zero-order valence-electron chi connectivity index (χ0n) is 16.7. The van der Waals surface area contributed by atoms with Gasteiger partial charge in [0.1, 0.15) is 11.6 Å². The first-order valence-electron chi connectivity index (χ1n) is 9.41. The number of hydrogen-bond donors (Lipinski definition) is 2. The van der Waals surface area contributed by atoms with Gasteiger partial charge in [-0.1, -0.05) is 48.5 Å². The van der Waals surface area contributed by atoms with Gasteiger partial charge in [0, 0.05) is 17.7 Å². The van der Waals surface area contributed by atoms with Crippen LogP contribution in [0.2, 0.25) is 0 Å². The number of halogens is 3. The number of H-pyrrole nitrogens is 1. The first-order chi connectivity index (χ1) is 14.8. The van der Waals surface area contributed by atoms with Crippen LogP contribution in [0.4, 0.5) is 19.0 Å². The van der Waals surface area contributed by atoms with Crippen molar-refractivity contribution >= 4 is 35.4 Å². The summed E-state index contributed by atoms with van der Waals surface area (Å²) < 4.78 is 39.5. The van der Waals surface area contributed by atoms with Crippen LogP contribution in [0.3, 0.4) is 0 Å². The van der Waals surface area contributed by atoms with Crippen molar-refractivity contribution in [2.75, 3.05) is 5.32 Å². The van der Waals surface area contributed by atoms with Crippen molar-refractivity contribution in [3.05, 3.63) is 71.2 Å². The number of aromatic nitrogens is 6. The van der Waals surface area contributed by atoms with Gasteiger partial charge in [0.25, 0.3) is 0 Å². The molecular weight excluding hydrogens is 430 g/mol. The Hall–Kier alpha value is -2.82. The molecule has 2 N–H and O–H groups in total. The molecule has 0 aliphatic heterocycles. The Bertz CT molecular complexity index is 1190. The summed E-state index contributed by atoms with van der Waals surface area (Å²) in [7, 11) is 0. The van der Waals surface area contributed by atoms with Crippen LogP contribution in [0.15, 0.2) is 48.5 Å². The Morgan fingerprint density at radius 2 is 1.62 bits per heavy atom. The molecule has 0 spiro atoms. The van der Waals surface area contributed by atoms with E-state index >= 15 is 0 Å². The van der Waals surface area contributed by atoms with Gasteiger partial charge in [0.05, 0.1) is 0 Å². The van der Waals surface area contributed by atoms with Gasteiger partial charge < -0.3 is 5.32 Å². The summed E-state index contributed by atoms with van der Waals surface area (Å²) in [5, 5.41) is 17.0. The molecule has 0 unspecified atom stereocenters. The van der Waals surface area contributed by atoms with Crippen LogP contribution < -0.4 is 5.32 Å². The van der Waals surface area contributed by atoms with E-state index in [0.29, 0.717) is 12.4 Å². The van der Waals surface area contributed by atoms with Crippen molar-refractivity contribution in [2.45, 2.75) is 26.6 Å². The van der Waals surface area contributed by atoms with E-state index in [4.69, 9.17) is 0 Å². The first-order valence-corrected chi connectivity index (χ1v) is 9.41. The molecule has 0 aliphatic rings. The molecule has 0 radical (unpaired) electrons. The number of nitrogens with one attached hydrogen (secondary N) is 2. The molecule has 0 bridgehead atoms. The fraction of sp³-hybridized carbons (Fsp3) is 0.190. The van der Waals surface area contributed by atoms with E-state index in [1.165, 1.54) is 13.8 Å². The van der Waals surface area contributed by atoms with Crippen LogP contribution in [0.1, 0.15) is 22.6 Å². The van der Waals surface area contributed by atoms with E-state index in [9.17, 15) is 13.2 Å². The van der Waals surface area contributed by atoms with Crippen LogP contribution in [0.5, 0.6) is 0 Å². The van der Waals surface area contributed by atoms with Gasteiger partial charge in [-0.05, 0) is 41.0 Å². The Morgan fingerprint density at radius 1 is 0.938 bits per heavy atom. The van der Waals surface area contributed by atoms with Crippen molar-refractivity contribution < 1.29 is 13.2 Å². The van der Waals surface area contributed by atoms with Crippen molar-refractivity contribution in [3.63, 3.8) is 0 Å². The number of rotatable bonds is 5. The third-order valence-corrected chi connectivity index (χ3v) is 4.78. The average Bonchev–Trinajstić information content (AvgIpc) is 3.28. The fourth-order valence-corrected chi connectivity index (χ4v) is 3.28. The third kappa shape index (κ3) is 5.14. The molecule has 32 heavy (non-hydrogen) atoms. The van der Waals surface area contributed by atoms with Gasteiger partial charge >= 0.3 is 35.7 Å². The van der Waals surface area contributed by atoms with Gasteiger partial charge in [0.15, 0.2) is 11.5 Å². The number of aromatic amines is 1. The second kappa shape index (κ2) is 9.76. The van der Waals surface area contributed by atoms with E-state index in [1.54, 1.807) is 0 Å². The average molecular weight is 449 g/mol. The van der Waals surface area contributed by atoms with Crippen molar-refractivity contribution in [1.82, 2.24) is 30.6 Å². The molecule has 0 fully saturated rings. The summed E-state index contributed by atoms with van der Waals surface area (Å²) in [6.07, 6.45) is -4.53. The second-order valence-corrected chi connectivity index (χ2v) is 6.94. The summed E-state index contributed by atoms with van der Waals surface area (Å²) >= 11 is 0. The maximum absolute atomic E-state index is 13.2. The Labute approximate surface area is 204 Å². The number of hydrogen-bond acceptors (Lipinski definition) is 6. The maximum atomic E-state index is 13.2. The number of nitrogens with zero attached hydrogens (tertiary/aromatic N) is 5. The summed E-state index contributed by atoms with van der Waals surface area (Å²) in [5.74, 6) is 0.803. The summed E-state index contributed by atoms with van der Waals surface area (Å²) in [6.45, 7) is 3.13. The number of alkyl halides is 3. The second-order valence-electron chi connectivity index (χ2n) is 6.94.